The zero-order valence-corrected chi connectivity index (χ0v) is 16.9. The number of hydrogen-bond donors (Lipinski definition) is 2. The molecule has 2 aromatic carbocycles. The van der Waals surface area contributed by atoms with Crippen LogP contribution in [0.3, 0.4) is 0 Å². The summed E-state index contributed by atoms with van der Waals surface area (Å²) in [6.45, 7) is 1.39. The van der Waals surface area contributed by atoms with Gasteiger partial charge in [-0.25, -0.2) is 9.88 Å². The van der Waals surface area contributed by atoms with Crippen LogP contribution in [0.15, 0.2) is 52.9 Å². The molecule has 1 amide bonds. The van der Waals surface area contributed by atoms with Gasteiger partial charge in [0, 0.05) is 6.42 Å². The van der Waals surface area contributed by atoms with Crippen molar-refractivity contribution in [3.8, 4) is 5.75 Å². The van der Waals surface area contributed by atoms with Gasteiger partial charge in [-0.2, -0.15) is 0 Å². The van der Waals surface area contributed by atoms with E-state index in [2.05, 4.69) is 10.3 Å². The second-order valence-corrected chi connectivity index (χ2v) is 8.27. The van der Waals surface area contributed by atoms with Gasteiger partial charge in [0.15, 0.2) is 16.7 Å². The number of aliphatic hydroxyl groups excluding tert-OH is 1. The van der Waals surface area contributed by atoms with Crippen molar-refractivity contribution < 1.29 is 24.0 Å². The van der Waals surface area contributed by atoms with E-state index in [0.717, 1.165) is 41.4 Å². The molecule has 2 atom stereocenters. The maximum absolute atomic E-state index is 11.7. The molecule has 0 radical (unpaired) electrons. The predicted molar refractivity (Wildman–Crippen MR) is 112 cm³/mol. The average Bonchev–Trinajstić information content (AvgIpc) is 3.29. The molecule has 1 aliphatic rings. The average molecular weight is 415 g/mol. The van der Waals surface area contributed by atoms with Crippen LogP contribution in [0.2, 0.25) is 0 Å². The molecule has 152 valence electrons. The first-order valence-corrected chi connectivity index (χ1v) is 10.5. The third-order valence-corrected chi connectivity index (χ3v) is 5.87. The van der Waals surface area contributed by atoms with Crippen molar-refractivity contribution in [3.63, 3.8) is 0 Å². The minimum absolute atomic E-state index is 0.117. The highest BCUT2D eigenvalue weighted by Gasteiger charge is 2.31. The van der Waals surface area contributed by atoms with Crippen molar-refractivity contribution in [1.29, 1.82) is 0 Å². The number of nitrogens with one attached hydrogen (secondary N) is 2. The highest BCUT2D eigenvalue weighted by atomic mass is 32.2. The Kier molecular flexibility index (Phi) is 5.92. The van der Waals surface area contributed by atoms with E-state index in [9.17, 15) is 9.90 Å². The summed E-state index contributed by atoms with van der Waals surface area (Å²) in [5, 5.41) is 11.7. The fourth-order valence-corrected chi connectivity index (χ4v) is 4.19. The van der Waals surface area contributed by atoms with Gasteiger partial charge in [-0.15, -0.1) is 0 Å². The number of anilines is 1. The van der Waals surface area contributed by atoms with Gasteiger partial charge in [0.2, 0.25) is 5.91 Å². The number of rotatable bonds is 8. The highest BCUT2D eigenvalue weighted by Crippen LogP contribution is 2.25. The lowest BCUT2D eigenvalue weighted by molar-refractivity contribution is -0.337. The van der Waals surface area contributed by atoms with Crippen molar-refractivity contribution in [2.75, 3.05) is 25.1 Å². The molecule has 8 heteroatoms. The molecule has 3 aromatic rings. The van der Waals surface area contributed by atoms with Crippen LogP contribution in [-0.2, 0) is 11.2 Å². The summed E-state index contributed by atoms with van der Waals surface area (Å²) < 4.78 is 11.6. The van der Waals surface area contributed by atoms with Gasteiger partial charge in [0.25, 0.3) is 0 Å². The van der Waals surface area contributed by atoms with Gasteiger partial charge in [0.05, 0.1) is 25.4 Å². The van der Waals surface area contributed by atoms with Crippen LogP contribution < -0.4 is 19.9 Å². The molecule has 0 bridgehead atoms. The number of carbonyl (C=O) groups is 1. The molecule has 1 saturated heterocycles. The second-order valence-electron chi connectivity index (χ2n) is 6.99. The molecule has 29 heavy (non-hydrogen) atoms. The fourth-order valence-electron chi connectivity index (χ4n) is 3.21. The zero-order valence-electron chi connectivity index (χ0n) is 16.1. The Bertz CT molecular complexity index is 942. The number of benzene rings is 2. The van der Waals surface area contributed by atoms with E-state index in [1.165, 1.54) is 11.8 Å². The first kappa shape index (κ1) is 19.6. The van der Waals surface area contributed by atoms with Crippen molar-refractivity contribution in [2.45, 2.75) is 23.7 Å². The van der Waals surface area contributed by atoms with E-state index in [0.29, 0.717) is 13.0 Å². The Labute approximate surface area is 173 Å². The van der Waals surface area contributed by atoms with E-state index < -0.39 is 5.56 Å². The van der Waals surface area contributed by atoms with Crippen LogP contribution in [0.4, 0.5) is 6.01 Å². The lowest BCUT2D eigenvalue weighted by atomic mass is 10.1. The van der Waals surface area contributed by atoms with Crippen LogP contribution in [0, 0.1) is 0 Å². The number of ether oxygens (including phenoxy) is 1. The van der Waals surface area contributed by atoms with Crippen molar-refractivity contribution in [2.24, 2.45) is 0 Å². The number of aliphatic hydroxyl groups is 1. The Balaban J connectivity index is 1.21. The number of para-hydroxylation sites is 2. The number of carbonyl (C=O) groups excluding carboxylic acids is 1. The van der Waals surface area contributed by atoms with Crippen LogP contribution in [0.25, 0.3) is 11.1 Å². The Morgan fingerprint density at radius 1 is 1.24 bits per heavy atom. The molecule has 0 aliphatic carbocycles. The van der Waals surface area contributed by atoms with Crippen molar-refractivity contribution >= 4 is 34.8 Å². The molecule has 1 fully saturated rings. The van der Waals surface area contributed by atoms with Crippen LogP contribution in [0.1, 0.15) is 12.0 Å². The first-order chi connectivity index (χ1) is 14.1. The molecule has 1 aliphatic heterocycles. The number of H-pyrrole nitrogens is 1. The third-order valence-electron chi connectivity index (χ3n) is 4.78. The molecule has 2 unspecified atom stereocenters. The second kappa shape index (κ2) is 8.75. The van der Waals surface area contributed by atoms with Gasteiger partial charge in [-0.1, -0.05) is 36.0 Å². The first-order valence-electron chi connectivity index (χ1n) is 9.56. The Morgan fingerprint density at radius 2 is 2.03 bits per heavy atom. The minimum atomic E-state index is -0.801. The molecule has 0 spiro atoms. The molecule has 3 N–H and O–H groups in total. The SMILES string of the molecule is CN(CCCOc1ccc(CC2SC(O)NC2=O)cc1)c1[nH+]c2ccccc2o1. The number of oxazole rings is 1. The molecule has 7 nitrogen and oxygen atoms in total. The number of nitrogens with zero attached hydrogens (tertiary/aromatic N) is 1. The summed E-state index contributed by atoms with van der Waals surface area (Å²) >= 11 is 1.24. The number of fused-ring (bicyclic) bond motifs is 1. The topological polar surface area (TPSA) is 89.1 Å². The maximum Gasteiger partial charge on any atom is 0.454 e. The molecular weight excluding hydrogens is 390 g/mol. The summed E-state index contributed by atoms with van der Waals surface area (Å²) in [5.74, 6) is 0.684. The Morgan fingerprint density at radius 3 is 2.76 bits per heavy atom. The predicted octanol–water partition coefficient (Wildman–Crippen LogP) is 2.20. The molecular formula is C21H24N3O4S+. The van der Waals surface area contributed by atoms with Crippen molar-refractivity contribution in [1.82, 2.24) is 5.32 Å². The van der Waals surface area contributed by atoms with Gasteiger partial charge >= 0.3 is 6.01 Å². The van der Waals surface area contributed by atoms with Gasteiger partial charge in [-0.05, 0) is 36.2 Å². The molecule has 0 saturated carbocycles. The molecule has 1 aromatic heterocycles. The van der Waals surface area contributed by atoms with E-state index in [1.54, 1.807) is 0 Å². The highest BCUT2D eigenvalue weighted by molar-refractivity contribution is 8.01. The van der Waals surface area contributed by atoms with E-state index in [4.69, 9.17) is 9.15 Å². The van der Waals surface area contributed by atoms with E-state index in [-0.39, 0.29) is 11.2 Å². The van der Waals surface area contributed by atoms with Crippen LogP contribution in [0.5, 0.6) is 5.75 Å². The maximum atomic E-state index is 11.7. The summed E-state index contributed by atoms with van der Waals surface area (Å²) in [5.41, 5.74) is 2.06. The molecule has 2 heterocycles. The fraction of sp³-hybridized carbons (Fsp3) is 0.333. The van der Waals surface area contributed by atoms with Gasteiger partial charge < -0.3 is 19.6 Å². The monoisotopic (exact) mass is 414 g/mol. The van der Waals surface area contributed by atoms with Crippen LogP contribution in [-0.4, -0.2) is 42.0 Å². The van der Waals surface area contributed by atoms with Crippen molar-refractivity contribution in [3.05, 3.63) is 54.1 Å². The van der Waals surface area contributed by atoms with E-state index in [1.807, 2.05) is 60.5 Å². The van der Waals surface area contributed by atoms with E-state index >= 15 is 0 Å². The lowest BCUT2D eigenvalue weighted by Gasteiger charge is -2.10. The summed E-state index contributed by atoms with van der Waals surface area (Å²) in [6, 6.07) is 16.3. The lowest BCUT2D eigenvalue weighted by Crippen LogP contribution is -2.27. The largest absolute Gasteiger partial charge is 0.493 e. The smallest absolute Gasteiger partial charge is 0.454 e. The number of hydrogen-bond acceptors (Lipinski definition) is 6. The standard InChI is InChI=1S/C21H23N3O4S/c1-24(20-22-16-5-2-3-6-17(16)28-20)11-4-12-27-15-9-7-14(8-10-15)13-18-19(25)23-21(26)29-18/h2-3,5-10,18,21,26H,4,11-13H2,1H3,(H,23,25)/p+1. The quantitative estimate of drug-likeness (QED) is 0.550. The molecule has 4 rings (SSSR count). The summed E-state index contributed by atoms with van der Waals surface area (Å²) in [6.07, 6.45) is 1.44. The number of amides is 1. The Hall–Kier alpha value is -2.71. The number of aromatic nitrogens is 1. The van der Waals surface area contributed by atoms with Crippen LogP contribution >= 0.6 is 11.8 Å². The number of aromatic amines is 1. The number of thioether (sulfide) groups is 1. The normalized spacial score (nSPS) is 18.8. The summed E-state index contributed by atoms with van der Waals surface area (Å²) in [4.78, 5) is 17.0. The minimum Gasteiger partial charge on any atom is -0.493 e. The summed E-state index contributed by atoms with van der Waals surface area (Å²) in [7, 11) is 1.98. The zero-order chi connectivity index (χ0) is 20.2. The van der Waals surface area contributed by atoms with Gasteiger partial charge in [-0.3, -0.25) is 4.79 Å². The third kappa shape index (κ3) is 4.83. The van der Waals surface area contributed by atoms with Gasteiger partial charge in [0.1, 0.15) is 5.75 Å².